The zero-order valence-electron chi connectivity index (χ0n) is 11.8. The van der Waals surface area contributed by atoms with Crippen LogP contribution in [0.15, 0.2) is 29.6 Å². The van der Waals surface area contributed by atoms with Crippen LogP contribution in [0.3, 0.4) is 0 Å². The lowest BCUT2D eigenvalue weighted by Crippen LogP contribution is -2.35. The van der Waals surface area contributed by atoms with Gasteiger partial charge in [0.1, 0.15) is 17.0 Å². The number of hydrogen-bond donors (Lipinski definition) is 1. The average molecular weight is 346 g/mol. The Morgan fingerprint density at radius 2 is 2.05 bits per heavy atom. The van der Waals surface area contributed by atoms with E-state index >= 15 is 0 Å². The van der Waals surface area contributed by atoms with Crippen LogP contribution < -0.4 is 0 Å². The van der Waals surface area contributed by atoms with Crippen LogP contribution in [0.5, 0.6) is 5.75 Å². The fourth-order valence-electron chi connectivity index (χ4n) is 2.46. The molecule has 6 nitrogen and oxygen atoms in total. The second kappa shape index (κ2) is 8.24. The third kappa shape index (κ3) is 3.64. The molecule has 8 heteroatoms. The Kier molecular flexibility index (Phi) is 6.96. The van der Waals surface area contributed by atoms with Crippen LogP contribution in [0.4, 0.5) is 5.69 Å². The number of ether oxygens (including phenoxy) is 1. The molecule has 1 aliphatic rings. The predicted octanol–water partition coefficient (Wildman–Crippen LogP) is 3.01. The van der Waals surface area contributed by atoms with Gasteiger partial charge in [-0.3, -0.25) is 9.88 Å². The highest BCUT2D eigenvalue weighted by Crippen LogP contribution is 2.35. The number of nitroso groups, excluding NO2 is 1. The lowest BCUT2D eigenvalue weighted by molar-refractivity contribution is 0.0339. The van der Waals surface area contributed by atoms with Crippen molar-refractivity contribution >= 4 is 41.4 Å². The van der Waals surface area contributed by atoms with E-state index in [9.17, 15) is 10.0 Å². The van der Waals surface area contributed by atoms with Crippen molar-refractivity contribution in [3.63, 3.8) is 0 Å². The summed E-state index contributed by atoms with van der Waals surface area (Å²) in [6.45, 7) is 3.55. The Balaban J connectivity index is 0.00000121. The lowest BCUT2D eigenvalue weighted by atomic mass is 10.1. The van der Waals surface area contributed by atoms with E-state index in [4.69, 9.17) is 4.74 Å². The van der Waals surface area contributed by atoms with Gasteiger partial charge in [-0.1, -0.05) is 0 Å². The van der Waals surface area contributed by atoms with Gasteiger partial charge in [-0.25, -0.2) is 0 Å². The zero-order chi connectivity index (χ0) is 13.9. The maximum atomic E-state index is 11.0. The first-order valence-electron chi connectivity index (χ1n) is 6.52. The van der Waals surface area contributed by atoms with E-state index in [0.29, 0.717) is 41.9 Å². The SMILES string of the molecule is Cl.Cl.O=Nc1cc(CN2CCOCC2)c(O)c2ncccc12. The molecule has 2 heterocycles. The average Bonchev–Trinajstić information content (AvgIpc) is 2.51. The minimum Gasteiger partial charge on any atom is -0.505 e. The first kappa shape index (κ1) is 18.6. The molecule has 0 amide bonds. The minimum atomic E-state index is 0. The van der Waals surface area contributed by atoms with Crippen LogP contribution in [-0.2, 0) is 11.3 Å². The quantitative estimate of drug-likeness (QED) is 0.865. The number of pyridine rings is 1. The number of nitrogens with zero attached hydrogens (tertiary/aromatic N) is 3. The monoisotopic (exact) mass is 345 g/mol. The van der Waals surface area contributed by atoms with Crippen LogP contribution in [0.25, 0.3) is 10.9 Å². The van der Waals surface area contributed by atoms with Crippen LogP contribution >= 0.6 is 24.8 Å². The molecule has 0 unspecified atom stereocenters. The molecule has 1 aromatic carbocycles. The predicted molar refractivity (Wildman–Crippen MR) is 89.5 cm³/mol. The molecule has 1 aromatic heterocycles. The summed E-state index contributed by atoms with van der Waals surface area (Å²) in [7, 11) is 0. The molecule has 1 saturated heterocycles. The Hall–Kier alpha value is -1.47. The highest BCUT2D eigenvalue weighted by molar-refractivity contribution is 5.94. The Bertz CT molecular complexity index is 649. The molecular formula is C14H17Cl2N3O3. The van der Waals surface area contributed by atoms with Crippen molar-refractivity contribution < 1.29 is 9.84 Å². The molecule has 1 aliphatic heterocycles. The van der Waals surface area contributed by atoms with Gasteiger partial charge in [0.2, 0.25) is 0 Å². The highest BCUT2D eigenvalue weighted by Gasteiger charge is 2.17. The Labute approximate surface area is 140 Å². The van der Waals surface area contributed by atoms with Crippen LogP contribution in [0, 0.1) is 4.91 Å². The Morgan fingerprint density at radius 1 is 1.32 bits per heavy atom. The summed E-state index contributed by atoms with van der Waals surface area (Å²) >= 11 is 0. The molecule has 3 rings (SSSR count). The minimum absolute atomic E-state index is 0. The van der Waals surface area contributed by atoms with E-state index in [2.05, 4.69) is 15.1 Å². The molecule has 1 N–H and O–H groups in total. The van der Waals surface area contributed by atoms with Gasteiger partial charge in [0.15, 0.2) is 0 Å². The van der Waals surface area contributed by atoms with Crippen molar-refractivity contribution in [3.8, 4) is 5.75 Å². The molecule has 1 fully saturated rings. The largest absolute Gasteiger partial charge is 0.505 e. The molecule has 0 spiro atoms. The van der Waals surface area contributed by atoms with Gasteiger partial charge in [0.05, 0.1) is 13.2 Å². The molecule has 0 bridgehead atoms. The van der Waals surface area contributed by atoms with Gasteiger partial charge in [-0.15, -0.1) is 29.7 Å². The van der Waals surface area contributed by atoms with Crippen molar-refractivity contribution in [2.75, 3.05) is 26.3 Å². The molecule has 22 heavy (non-hydrogen) atoms. The fourth-order valence-corrected chi connectivity index (χ4v) is 2.46. The number of phenolic OH excluding ortho intramolecular Hbond substituents is 1. The molecule has 0 radical (unpaired) electrons. The first-order valence-corrected chi connectivity index (χ1v) is 6.52. The third-order valence-corrected chi connectivity index (χ3v) is 3.52. The van der Waals surface area contributed by atoms with Gasteiger partial charge in [0.25, 0.3) is 0 Å². The molecule has 0 atom stereocenters. The van der Waals surface area contributed by atoms with E-state index < -0.39 is 0 Å². The summed E-state index contributed by atoms with van der Waals surface area (Å²) in [5.41, 5.74) is 1.41. The maximum Gasteiger partial charge on any atom is 0.146 e. The molecule has 2 aromatic rings. The number of morpholine rings is 1. The van der Waals surface area contributed by atoms with Crippen LogP contribution in [0.1, 0.15) is 5.56 Å². The van der Waals surface area contributed by atoms with Crippen molar-refractivity contribution in [1.82, 2.24) is 9.88 Å². The Morgan fingerprint density at radius 3 is 2.73 bits per heavy atom. The van der Waals surface area contributed by atoms with Gasteiger partial charge < -0.3 is 9.84 Å². The lowest BCUT2D eigenvalue weighted by Gasteiger charge is -2.27. The summed E-state index contributed by atoms with van der Waals surface area (Å²) in [6.07, 6.45) is 1.59. The van der Waals surface area contributed by atoms with Crippen molar-refractivity contribution in [1.29, 1.82) is 0 Å². The van der Waals surface area contributed by atoms with Crippen molar-refractivity contribution in [2.24, 2.45) is 5.18 Å². The van der Waals surface area contributed by atoms with E-state index in [1.54, 1.807) is 24.4 Å². The van der Waals surface area contributed by atoms with Gasteiger partial charge in [-0.2, -0.15) is 0 Å². The smallest absolute Gasteiger partial charge is 0.146 e. The number of rotatable bonds is 3. The number of halogens is 2. The van der Waals surface area contributed by atoms with E-state index in [-0.39, 0.29) is 30.6 Å². The number of aromatic nitrogens is 1. The summed E-state index contributed by atoms with van der Waals surface area (Å²) in [5.74, 6) is 0.125. The third-order valence-electron chi connectivity index (χ3n) is 3.52. The summed E-state index contributed by atoms with van der Waals surface area (Å²) < 4.78 is 5.30. The number of fused-ring (bicyclic) bond motifs is 1. The van der Waals surface area contributed by atoms with Gasteiger partial charge in [0, 0.05) is 36.8 Å². The van der Waals surface area contributed by atoms with Crippen molar-refractivity contribution in [2.45, 2.75) is 6.54 Å². The normalized spacial score (nSPS) is 14.9. The van der Waals surface area contributed by atoms with Crippen LogP contribution in [0.2, 0.25) is 0 Å². The molecule has 0 saturated carbocycles. The topological polar surface area (TPSA) is 75.0 Å². The second-order valence-electron chi connectivity index (χ2n) is 4.78. The van der Waals surface area contributed by atoms with Crippen LogP contribution in [-0.4, -0.2) is 41.3 Å². The summed E-state index contributed by atoms with van der Waals surface area (Å²) in [4.78, 5) is 17.3. The zero-order valence-corrected chi connectivity index (χ0v) is 13.4. The number of hydrogen-bond acceptors (Lipinski definition) is 6. The molecule has 120 valence electrons. The summed E-state index contributed by atoms with van der Waals surface area (Å²) in [5, 5.41) is 14.0. The first-order chi connectivity index (χ1) is 9.79. The summed E-state index contributed by atoms with van der Waals surface area (Å²) in [6, 6.07) is 5.09. The number of aromatic hydroxyl groups is 1. The fraction of sp³-hybridized carbons (Fsp3) is 0.357. The van der Waals surface area contributed by atoms with Gasteiger partial charge in [-0.05, 0) is 23.4 Å². The maximum absolute atomic E-state index is 11.0. The molecular weight excluding hydrogens is 329 g/mol. The van der Waals surface area contributed by atoms with E-state index in [1.807, 2.05) is 0 Å². The van der Waals surface area contributed by atoms with E-state index in [1.165, 1.54) is 0 Å². The standard InChI is InChI=1S/C14H15N3O3.2ClH/c18-14-10(9-17-4-6-20-7-5-17)8-12(16-19)11-2-1-3-15-13(11)14;;/h1-3,8,18H,4-7,9H2;2*1H. The van der Waals surface area contributed by atoms with Gasteiger partial charge >= 0.3 is 0 Å². The number of phenols is 1. The second-order valence-corrected chi connectivity index (χ2v) is 4.78. The highest BCUT2D eigenvalue weighted by atomic mass is 35.5. The number of benzene rings is 1. The van der Waals surface area contributed by atoms with E-state index in [0.717, 1.165) is 13.1 Å². The molecule has 0 aliphatic carbocycles. The van der Waals surface area contributed by atoms with Crippen molar-refractivity contribution in [3.05, 3.63) is 34.9 Å².